The summed E-state index contributed by atoms with van der Waals surface area (Å²) in [5.74, 6) is -1.70. The predicted molar refractivity (Wildman–Crippen MR) is 130 cm³/mol. The Hall–Kier alpha value is -2.87. The van der Waals surface area contributed by atoms with Gasteiger partial charge in [-0.3, -0.25) is 4.72 Å². The van der Waals surface area contributed by atoms with Gasteiger partial charge in [0.1, 0.15) is 15.0 Å². The summed E-state index contributed by atoms with van der Waals surface area (Å²) < 4.78 is 67.8. The Morgan fingerprint density at radius 1 is 1.06 bits per heavy atom. The third-order valence-corrected chi connectivity index (χ3v) is 10.4. The monoisotopic (exact) mass is 540 g/mol. The van der Waals surface area contributed by atoms with E-state index in [1.54, 1.807) is 13.8 Å². The summed E-state index contributed by atoms with van der Waals surface area (Å²) in [6.07, 6.45) is 0.938. The summed E-state index contributed by atoms with van der Waals surface area (Å²) in [6, 6.07) is 7.98. The summed E-state index contributed by atoms with van der Waals surface area (Å²) in [5, 5.41) is 9.98. The average Bonchev–Trinajstić information content (AvgIpc) is 3.28. The van der Waals surface area contributed by atoms with Crippen LogP contribution in [-0.2, 0) is 19.9 Å². The number of halogens is 1. The van der Waals surface area contributed by atoms with E-state index in [1.165, 1.54) is 36.4 Å². The van der Waals surface area contributed by atoms with Crippen molar-refractivity contribution in [2.24, 2.45) is 0 Å². The Bertz CT molecular complexity index is 1690. The van der Waals surface area contributed by atoms with Gasteiger partial charge in [-0.2, -0.15) is 0 Å². The van der Waals surface area contributed by atoms with Crippen molar-refractivity contribution < 1.29 is 31.1 Å². The Morgan fingerprint density at radius 2 is 1.76 bits per heavy atom. The Labute approximate surface area is 202 Å². The van der Waals surface area contributed by atoms with Crippen LogP contribution in [0, 0.1) is 19.7 Å². The fraction of sp³-hybridized carbons (Fsp3) is 0.143. The van der Waals surface area contributed by atoms with Crippen LogP contribution in [0.25, 0.3) is 20.7 Å². The highest BCUT2D eigenvalue weighted by Gasteiger charge is 2.26. The van der Waals surface area contributed by atoms with E-state index < -0.39 is 31.6 Å². The number of thiazole rings is 1. The molecule has 2 aromatic carbocycles. The number of sulfone groups is 1. The lowest BCUT2D eigenvalue weighted by Gasteiger charge is -2.12. The van der Waals surface area contributed by atoms with Gasteiger partial charge in [0.25, 0.3) is 10.0 Å². The number of hydrogen-bond donors (Lipinski definition) is 2. The molecule has 0 aliphatic rings. The first-order chi connectivity index (χ1) is 15.8. The molecule has 34 heavy (non-hydrogen) atoms. The molecule has 4 aromatic rings. The van der Waals surface area contributed by atoms with Crippen LogP contribution in [0.4, 0.5) is 10.1 Å². The number of aromatic carboxylic acids is 1. The van der Waals surface area contributed by atoms with Crippen LogP contribution < -0.4 is 4.72 Å². The average molecular weight is 541 g/mol. The van der Waals surface area contributed by atoms with Crippen LogP contribution in [0.2, 0.25) is 0 Å². The molecule has 4 rings (SSSR count). The number of carboxylic acids is 1. The number of nitrogens with zero attached hydrogens (tertiary/aromatic N) is 1. The number of nitrogens with one attached hydrogen (secondary N) is 1. The van der Waals surface area contributed by atoms with Gasteiger partial charge in [-0.1, -0.05) is 0 Å². The minimum atomic E-state index is -4.20. The molecule has 178 valence electrons. The molecule has 2 N–H and O–H groups in total. The van der Waals surface area contributed by atoms with Gasteiger partial charge in [-0.05, 0) is 61.2 Å². The molecule has 0 saturated carbocycles. The molecule has 2 aromatic heterocycles. The molecule has 2 heterocycles. The normalized spacial score (nSPS) is 12.2. The molecule has 13 heteroatoms. The van der Waals surface area contributed by atoms with Gasteiger partial charge in [0, 0.05) is 21.4 Å². The molecule has 0 unspecified atom stereocenters. The van der Waals surface area contributed by atoms with E-state index in [1.807, 2.05) is 0 Å². The number of anilines is 1. The van der Waals surface area contributed by atoms with Crippen LogP contribution in [-0.4, -0.2) is 39.2 Å². The Kier molecular flexibility index (Phi) is 6.00. The molecule has 0 atom stereocenters. The first-order valence-electron chi connectivity index (χ1n) is 9.54. The number of aromatic nitrogens is 1. The summed E-state index contributed by atoms with van der Waals surface area (Å²) >= 11 is 2.03. The second-order valence-corrected chi connectivity index (χ2v) is 13.6. The minimum absolute atomic E-state index is 0.0572. The Morgan fingerprint density at radius 3 is 2.38 bits per heavy atom. The van der Waals surface area contributed by atoms with Gasteiger partial charge >= 0.3 is 5.97 Å². The highest BCUT2D eigenvalue weighted by Crippen LogP contribution is 2.37. The van der Waals surface area contributed by atoms with Crippen molar-refractivity contribution in [1.29, 1.82) is 0 Å². The molecule has 0 amide bonds. The lowest BCUT2D eigenvalue weighted by Crippen LogP contribution is -2.15. The van der Waals surface area contributed by atoms with Crippen molar-refractivity contribution in [1.82, 2.24) is 4.98 Å². The topological polar surface area (TPSA) is 130 Å². The predicted octanol–water partition coefficient (Wildman–Crippen LogP) is 4.68. The molecule has 0 bridgehead atoms. The van der Waals surface area contributed by atoms with E-state index in [-0.39, 0.29) is 25.5 Å². The minimum Gasteiger partial charge on any atom is -0.476 e. The zero-order valence-corrected chi connectivity index (χ0v) is 21.2. The number of carboxylic acid groups (broad SMARTS) is 1. The second-order valence-electron chi connectivity index (χ2n) is 7.47. The highest BCUT2D eigenvalue weighted by molar-refractivity contribution is 7.95. The van der Waals surface area contributed by atoms with Crippen LogP contribution in [0.1, 0.15) is 20.9 Å². The zero-order valence-electron chi connectivity index (χ0n) is 17.9. The van der Waals surface area contributed by atoms with Crippen molar-refractivity contribution in [3.8, 4) is 10.6 Å². The number of rotatable bonds is 6. The van der Waals surface area contributed by atoms with E-state index in [2.05, 4.69) is 9.71 Å². The van der Waals surface area contributed by atoms with Crippen molar-refractivity contribution >= 4 is 64.3 Å². The second kappa shape index (κ2) is 8.41. The van der Waals surface area contributed by atoms with E-state index in [0.29, 0.717) is 26.1 Å². The number of fused-ring (bicyclic) bond motifs is 1. The summed E-state index contributed by atoms with van der Waals surface area (Å²) in [4.78, 5) is 15.5. The fourth-order valence-electron chi connectivity index (χ4n) is 3.38. The summed E-state index contributed by atoms with van der Waals surface area (Å²) in [5.41, 5.74) is 0.379. The maximum atomic E-state index is 13.6. The van der Waals surface area contributed by atoms with Gasteiger partial charge in [0.05, 0.1) is 10.6 Å². The molecule has 0 aliphatic heterocycles. The van der Waals surface area contributed by atoms with Crippen LogP contribution in [0.15, 0.2) is 45.5 Å². The lowest BCUT2D eigenvalue weighted by molar-refractivity contribution is 0.0690. The first kappa shape index (κ1) is 24.3. The number of hydrogen-bond acceptors (Lipinski definition) is 8. The van der Waals surface area contributed by atoms with Gasteiger partial charge in [0.2, 0.25) is 0 Å². The zero-order chi connectivity index (χ0) is 25.0. The maximum Gasteiger partial charge on any atom is 0.355 e. The molecule has 0 spiro atoms. The number of sulfonamides is 1. The van der Waals surface area contributed by atoms with Crippen molar-refractivity contribution in [2.45, 2.75) is 23.0 Å². The molecular weight excluding hydrogens is 524 g/mol. The number of aryl methyl sites for hydroxylation is 2. The first-order valence-corrected chi connectivity index (χ1v) is 14.6. The fourth-order valence-corrected chi connectivity index (χ4v) is 8.04. The van der Waals surface area contributed by atoms with Crippen molar-refractivity contribution in [3.63, 3.8) is 0 Å². The molecule has 8 nitrogen and oxygen atoms in total. The SMILES string of the molecule is Cc1sc(-c2ccc(NS(=O)(=O)c3sc4ccc(F)cc4c3C)c(S(C)(=O)=O)c2)nc1C(=O)O. The van der Waals surface area contributed by atoms with Gasteiger partial charge in [-0.25, -0.2) is 31.0 Å². The highest BCUT2D eigenvalue weighted by atomic mass is 32.2. The standard InChI is InChI=1S/C21H17FN2O6S4/c1-10-14-9-13(22)5-7-16(14)32-21(10)34(29,30)24-15-6-4-12(8-17(15)33(3,27)28)19-23-18(20(25)26)11(2)31-19/h4-9,24H,1-3H3,(H,25,26). The molecule has 0 saturated heterocycles. The van der Waals surface area contributed by atoms with E-state index in [0.717, 1.165) is 28.9 Å². The maximum absolute atomic E-state index is 13.6. The van der Waals surface area contributed by atoms with Crippen molar-refractivity contribution in [3.05, 3.63) is 58.3 Å². The van der Waals surface area contributed by atoms with Gasteiger partial charge in [0.15, 0.2) is 15.5 Å². The quantitative estimate of drug-likeness (QED) is 0.363. The third-order valence-electron chi connectivity index (χ3n) is 4.97. The smallest absolute Gasteiger partial charge is 0.355 e. The van der Waals surface area contributed by atoms with E-state index >= 15 is 0 Å². The van der Waals surface area contributed by atoms with Crippen LogP contribution in [0.3, 0.4) is 0 Å². The molecule has 0 aliphatic carbocycles. The largest absolute Gasteiger partial charge is 0.476 e. The van der Waals surface area contributed by atoms with Gasteiger partial charge < -0.3 is 5.11 Å². The number of benzene rings is 2. The lowest BCUT2D eigenvalue weighted by atomic mass is 10.2. The summed E-state index contributed by atoms with van der Waals surface area (Å²) in [7, 11) is -8.09. The molecular formula is C21H17FN2O6S4. The van der Waals surface area contributed by atoms with E-state index in [4.69, 9.17) is 0 Å². The van der Waals surface area contributed by atoms with Crippen LogP contribution in [0.5, 0.6) is 0 Å². The summed E-state index contributed by atoms with van der Waals surface area (Å²) in [6.45, 7) is 3.14. The van der Waals surface area contributed by atoms with Gasteiger partial charge in [-0.15, -0.1) is 22.7 Å². The van der Waals surface area contributed by atoms with Crippen molar-refractivity contribution in [2.75, 3.05) is 11.0 Å². The number of thiophene rings is 1. The van der Waals surface area contributed by atoms with Crippen LogP contribution >= 0.6 is 22.7 Å². The van der Waals surface area contributed by atoms with E-state index in [9.17, 15) is 31.1 Å². The molecule has 0 fully saturated rings. The molecule has 0 radical (unpaired) electrons. The third kappa shape index (κ3) is 4.43. The number of carbonyl (C=O) groups is 1. The Balaban J connectivity index is 1.80.